The van der Waals surface area contributed by atoms with E-state index in [-0.39, 0.29) is 11.9 Å². The number of aromatic nitrogens is 2. The topological polar surface area (TPSA) is 38.2 Å². The van der Waals surface area contributed by atoms with Gasteiger partial charge in [-0.1, -0.05) is 29.8 Å². The van der Waals surface area contributed by atoms with Crippen molar-refractivity contribution in [1.29, 1.82) is 0 Å². The molecule has 1 saturated heterocycles. The maximum absolute atomic E-state index is 13.8. The first-order valence-electron chi connectivity index (χ1n) is 6.32. The minimum Gasteiger partial charge on any atom is -0.370 e. The van der Waals surface area contributed by atoms with Crippen molar-refractivity contribution in [2.45, 2.75) is 6.10 Å². The third-order valence-corrected chi connectivity index (χ3v) is 3.53. The Morgan fingerprint density at radius 1 is 1.35 bits per heavy atom. The third kappa shape index (κ3) is 2.59. The lowest BCUT2D eigenvalue weighted by molar-refractivity contribution is 0.0372. The molecule has 0 amide bonds. The van der Waals surface area contributed by atoms with Crippen LogP contribution in [0.2, 0.25) is 5.02 Å². The Morgan fingerprint density at radius 3 is 3.00 bits per heavy atom. The molecule has 1 aliphatic heterocycles. The van der Waals surface area contributed by atoms with Crippen molar-refractivity contribution in [1.82, 2.24) is 9.97 Å². The number of rotatable bonds is 2. The molecule has 1 aromatic carbocycles. The van der Waals surface area contributed by atoms with Crippen molar-refractivity contribution in [2.75, 3.05) is 24.6 Å². The Hall–Kier alpha value is -1.72. The van der Waals surface area contributed by atoms with Crippen molar-refractivity contribution in [3.8, 4) is 0 Å². The number of hydrogen-bond acceptors (Lipinski definition) is 4. The smallest absolute Gasteiger partial charge is 0.151 e. The molecule has 1 unspecified atom stereocenters. The van der Waals surface area contributed by atoms with Crippen LogP contribution in [0.5, 0.6) is 0 Å². The molecule has 1 atom stereocenters. The third-order valence-electron chi connectivity index (χ3n) is 3.27. The van der Waals surface area contributed by atoms with Crippen molar-refractivity contribution in [2.24, 2.45) is 0 Å². The summed E-state index contributed by atoms with van der Waals surface area (Å²) in [4.78, 5) is 10.0. The Morgan fingerprint density at radius 2 is 2.20 bits per heavy atom. The molecule has 0 N–H and O–H groups in total. The maximum Gasteiger partial charge on any atom is 0.151 e. The number of halogens is 2. The van der Waals surface area contributed by atoms with Gasteiger partial charge in [-0.15, -0.1) is 0 Å². The van der Waals surface area contributed by atoms with Crippen molar-refractivity contribution in [3.05, 3.63) is 53.2 Å². The van der Waals surface area contributed by atoms with E-state index in [2.05, 4.69) is 9.97 Å². The monoisotopic (exact) mass is 293 g/mol. The standard InChI is InChI=1S/C14H13ClFN3O/c15-11-7-17-9-18-14(11)19-5-6-20-13(8-19)10-3-1-2-4-12(10)16/h1-4,7,9,13H,5-6,8H2. The van der Waals surface area contributed by atoms with Crippen LogP contribution < -0.4 is 4.90 Å². The highest BCUT2D eigenvalue weighted by Crippen LogP contribution is 2.29. The van der Waals surface area contributed by atoms with Crippen molar-refractivity contribution >= 4 is 17.4 Å². The number of anilines is 1. The first-order chi connectivity index (χ1) is 9.75. The highest BCUT2D eigenvalue weighted by Gasteiger charge is 2.26. The summed E-state index contributed by atoms with van der Waals surface area (Å²) in [6, 6.07) is 6.65. The molecule has 0 saturated carbocycles. The van der Waals surface area contributed by atoms with Crippen molar-refractivity contribution in [3.63, 3.8) is 0 Å². The maximum atomic E-state index is 13.8. The summed E-state index contributed by atoms with van der Waals surface area (Å²) in [7, 11) is 0. The molecule has 104 valence electrons. The molecule has 1 fully saturated rings. The molecule has 0 radical (unpaired) electrons. The van der Waals surface area contributed by atoms with E-state index in [9.17, 15) is 4.39 Å². The second kappa shape index (κ2) is 5.73. The fourth-order valence-corrected chi connectivity index (χ4v) is 2.53. The van der Waals surface area contributed by atoms with E-state index < -0.39 is 0 Å². The van der Waals surface area contributed by atoms with Crippen LogP contribution in [-0.4, -0.2) is 29.7 Å². The van der Waals surface area contributed by atoms with Gasteiger partial charge in [-0.2, -0.15) is 0 Å². The Labute approximate surface area is 121 Å². The summed E-state index contributed by atoms with van der Waals surface area (Å²) in [6.45, 7) is 1.68. The van der Waals surface area contributed by atoms with Crippen LogP contribution in [0.15, 0.2) is 36.8 Å². The molecule has 4 nitrogen and oxygen atoms in total. The summed E-state index contributed by atoms with van der Waals surface area (Å²) in [6.07, 6.45) is 2.68. The summed E-state index contributed by atoms with van der Waals surface area (Å²) >= 11 is 6.10. The number of ether oxygens (including phenoxy) is 1. The predicted molar refractivity (Wildman–Crippen MR) is 74.3 cm³/mol. The van der Waals surface area contributed by atoms with Gasteiger partial charge in [0.05, 0.1) is 19.3 Å². The van der Waals surface area contributed by atoms with Crippen LogP contribution in [0, 0.1) is 5.82 Å². The van der Waals surface area contributed by atoms with E-state index in [0.29, 0.717) is 36.1 Å². The normalized spacial score (nSPS) is 19.1. The SMILES string of the molecule is Fc1ccccc1C1CN(c2ncncc2Cl)CCO1. The average molecular weight is 294 g/mol. The fraction of sp³-hybridized carbons (Fsp3) is 0.286. The van der Waals surface area contributed by atoms with E-state index in [1.807, 2.05) is 4.90 Å². The van der Waals surface area contributed by atoms with Gasteiger partial charge in [0.2, 0.25) is 0 Å². The van der Waals surface area contributed by atoms with Crippen LogP contribution in [0.4, 0.5) is 10.2 Å². The molecule has 1 aliphatic rings. The number of benzene rings is 1. The largest absolute Gasteiger partial charge is 0.370 e. The zero-order valence-electron chi connectivity index (χ0n) is 10.7. The lowest BCUT2D eigenvalue weighted by atomic mass is 10.1. The van der Waals surface area contributed by atoms with Crippen molar-refractivity contribution < 1.29 is 9.13 Å². The highest BCUT2D eigenvalue weighted by atomic mass is 35.5. The molecule has 6 heteroatoms. The molecule has 20 heavy (non-hydrogen) atoms. The summed E-state index contributed by atoms with van der Waals surface area (Å²) < 4.78 is 19.5. The van der Waals surface area contributed by atoms with E-state index in [0.717, 1.165) is 0 Å². The van der Waals surface area contributed by atoms with Gasteiger partial charge in [-0.05, 0) is 6.07 Å². The zero-order valence-corrected chi connectivity index (χ0v) is 11.4. The molecule has 2 heterocycles. The zero-order chi connectivity index (χ0) is 13.9. The summed E-state index contributed by atoms with van der Waals surface area (Å²) in [5, 5.41) is 0.488. The predicted octanol–water partition coefficient (Wildman–Crippen LogP) is 2.85. The van der Waals surface area contributed by atoms with Gasteiger partial charge in [0.25, 0.3) is 0 Å². The van der Waals surface area contributed by atoms with Crippen LogP contribution in [0.1, 0.15) is 11.7 Å². The summed E-state index contributed by atoms with van der Waals surface area (Å²) in [5.41, 5.74) is 0.558. The average Bonchev–Trinajstić information content (AvgIpc) is 2.48. The Kier molecular flexibility index (Phi) is 3.80. The van der Waals surface area contributed by atoms with Crippen LogP contribution >= 0.6 is 11.6 Å². The van der Waals surface area contributed by atoms with Gasteiger partial charge in [0.15, 0.2) is 5.82 Å². The molecular formula is C14H13ClFN3O. The lowest BCUT2D eigenvalue weighted by Crippen LogP contribution is -2.39. The Balaban J connectivity index is 1.84. The van der Waals surface area contributed by atoms with Gasteiger partial charge < -0.3 is 9.64 Å². The quantitative estimate of drug-likeness (QED) is 0.853. The lowest BCUT2D eigenvalue weighted by Gasteiger charge is -2.34. The highest BCUT2D eigenvalue weighted by molar-refractivity contribution is 6.32. The van der Waals surface area contributed by atoms with Crippen LogP contribution in [0.25, 0.3) is 0 Å². The minimum absolute atomic E-state index is 0.256. The van der Waals surface area contributed by atoms with Crippen LogP contribution in [0.3, 0.4) is 0 Å². The second-order valence-electron chi connectivity index (χ2n) is 4.52. The van der Waals surface area contributed by atoms with Gasteiger partial charge in [-0.25, -0.2) is 14.4 Å². The molecule has 0 aliphatic carbocycles. The molecule has 1 aromatic heterocycles. The van der Waals surface area contributed by atoms with Gasteiger partial charge in [0.1, 0.15) is 23.3 Å². The minimum atomic E-state index is -0.323. The second-order valence-corrected chi connectivity index (χ2v) is 4.93. The summed E-state index contributed by atoms with van der Waals surface area (Å²) in [5.74, 6) is 0.402. The Bertz CT molecular complexity index is 559. The molecule has 0 spiro atoms. The van der Waals surface area contributed by atoms with E-state index >= 15 is 0 Å². The van der Waals surface area contributed by atoms with E-state index in [4.69, 9.17) is 16.3 Å². The molecule has 2 aromatic rings. The first kappa shape index (κ1) is 13.3. The van der Waals surface area contributed by atoms with Gasteiger partial charge in [-0.3, -0.25) is 0 Å². The first-order valence-corrected chi connectivity index (χ1v) is 6.70. The van der Waals surface area contributed by atoms with Gasteiger partial charge in [0, 0.05) is 12.1 Å². The number of hydrogen-bond donors (Lipinski definition) is 0. The molecule has 0 bridgehead atoms. The van der Waals surface area contributed by atoms with Crippen LogP contribution in [-0.2, 0) is 4.74 Å². The number of morpholine rings is 1. The number of nitrogens with zero attached hydrogens (tertiary/aromatic N) is 3. The molecule has 3 rings (SSSR count). The fourth-order valence-electron chi connectivity index (χ4n) is 2.30. The molecular weight excluding hydrogens is 281 g/mol. The van der Waals surface area contributed by atoms with E-state index in [1.165, 1.54) is 12.4 Å². The van der Waals surface area contributed by atoms with Gasteiger partial charge >= 0.3 is 0 Å². The van der Waals surface area contributed by atoms with E-state index in [1.54, 1.807) is 24.4 Å².